The monoisotopic (exact) mass is 222 g/mol. The molecule has 0 spiro atoms. The minimum atomic E-state index is -0.723. The molecule has 5 heteroatoms. The van der Waals surface area contributed by atoms with Crippen LogP contribution >= 0.6 is 0 Å². The molecule has 0 aromatic heterocycles. The van der Waals surface area contributed by atoms with Gasteiger partial charge in [0.25, 0.3) is 5.91 Å². The molecule has 0 heterocycles. The molecule has 86 valence electrons. The van der Waals surface area contributed by atoms with Crippen LogP contribution in [0.2, 0.25) is 0 Å². The Balaban J connectivity index is 2.49. The predicted molar refractivity (Wildman–Crippen MR) is 59.1 cm³/mol. The molecule has 1 rings (SSSR count). The van der Waals surface area contributed by atoms with Gasteiger partial charge in [-0.25, -0.2) is 4.79 Å². The van der Waals surface area contributed by atoms with Gasteiger partial charge in [0, 0.05) is 7.05 Å². The highest BCUT2D eigenvalue weighted by molar-refractivity contribution is 5.96. The van der Waals surface area contributed by atoms with Crippen molar-refractivity contribution >= 4 is 11.9 Å². The van der Waals surface area contributed by atoms with Gasteiger partial charge < -0.3 is 10.1 Å². The number of carbonyl (C=O) groups is 2. The molecule has 0 aliphatic carbocycles. The van der Waals surface area contributed by atoms with Crippen LogP contribution < -0.4 is 15.4 Å². The summed E-state index contributed by atoms with van der Waals surface area (Å²) < 4.78 is 5.33. The zero-order valence-electron chi connectivity index (χ0n) is 9.19. The van der Waals surface area contributed by atoms with E-state index in [4.69, 9.17) is 4.74 Å². The Morgan fingerprint density at radius 2 is 1.88 bits per heavy atom. The highest BCUT2D eigenvalue weighted by Crippen LogP contribution is 2.10. The van der Waals surface area contributed by atoms with Gasteiger partial charge in [-0.3, -0.25) is 10.1 Å². The minimum absolute atomic E-state index is 0.483. The third-order valence-electron chi connectivity index (χ3n) is 1.89. The fraction of sp³-hybridized carbons (Fsp3) is 0.273. The average Bonchev–Trinajstić information content (AvgIpc) is 2.30. The van der Waals surface area contributed by atoms with E-state index in [1.807, 2.05) is 6.07 Å². The first kappa shape index (κ1) is 12.0. The first-order chi connectivity index (χ1) is 7.63. The number of benzene rings is 1. The third-order valence-corrected chi connectivity index (χ3v) is 1.89. The summed E-state index contributed by atoms with van der Waals surface area (Å²) in [6, 6.07) is 8.39. The molecule has 1 aromatic carbocycles. The minimum Gasteiger partial charge on any atom is -0.481 e. The zero-order valence-corrected chi connectivity index (χ0v) is 9.19. The molecule has 2 N–H and O–H groups in total. The van der Waals surface area contributed by atoms with Crippen molar-refractivity contribution < 1.29 is 14.3 Å². The van der Waals surface area contributed by atoms with E-state index in [2.05, 4.69) is 10.6 Å². The van der Waals surface area contributed by atoms with Crippen LogP contribution in [0.5, 0.6) is 5.75 Å². The number of carbonyl (C=O) groups excluding carboxylic acids is 2. The Kier molecular flexibility index (Phi) is 4.32. The summed E-state index contributed by atoms with van der Waals surface area (Å²) in [5, 5.41) is 4.42. The first-order valence-electron chi connectivity index (χ1n) is 4.87. The lowest BCUT2D eigenvalue weighted by atomic mass is 10.3. The maximum absolute atomic E-state index is 11.4. The molecule has 0 fully saturated rings. The van der Waals surface area contributed by atoms with Gasteiger partial charge in [0.1, 0.15) is 5.75 Å². The Hall–Kier alpha value is -2.04. The lowest BCUT2D eigenvalue weighted by Crippen LogP contribution is -2.43. The maximum Gasteiger partial charge on any atom is 0.321 e. The van der Waals surface area contributed by atoms with Crippen LogP contribution in [0.1, 0.15) is 6.92 Å². The van der Waals surface area contributed by atoms with Crippen molar-refractivity contribution in [2.75, 3.05) is 7.05 Å². The number of para-hydroxylation sites is 1. The molecule has 0 saturated carbocycles. The van der Waals surface area contributed by atoms with E-state index < -0.39 is 18.0 Å². The lowest BCUT2D eigenvalue weighted by Gasteiger charge is -2.13. The van der Waals surface area contributed by atoms with Crippen molar-refractivity contribution in [1.29, 1.82) is 0 Å². The zero-order chi connectivity index (χ0) is 12.0. The molecular weight excluding hydrogens is 208 g/mol. The van der Waals surface area contributed by atoms with Crippen molar-refractivity contribution in [3.63, 3.8) is 0 Å². The number of rotatable bonds is 3. The van der Waals surface area contributed by atoms with Gasteiger partial charge in [-0.1, -0.05) is 18.2 Å². The van der Waals surface area contributed by atoms with Crippen molar-refractivity contribution in [2.45, 2.75) is 13.0 Å². The standard InChI is InChI=1S/C11H14N2O3/c1-8(10(14)13-11(15)12-2)16-9-6-4-3-5-7-9/h3-8H,1-2H3,(H2,12,13,14,15)/t8-/m0/s1. The summed E-state index contributed by atoms with van der Waals surface area (Å²) in [5.74, 6) is 0.102. The molecular formula is C11H14N2O3. The van der Waals surface area contributed by atoms with Gasteiger partial charge in [-0.05, 0) is 19.1 Å². The van der Waals surface area contributed by atoms with E-state index in [1.54, 1.807) is 31.2 Å². The van der Waals surface area contributed by atoms with Gasteiger partial charge in [0.05, 0.1) is 0 Å². The highest BCUT2D eigenvalue weighted by atomic mass is 16.5. The molecule has 1 aromatic rings. The quantitative estimate of drug-likeness (QED) is 0.798. The summed E-state index contributed by atoms with van der Waals surface area (Å²) in [6.07, 6.45) is -0.723. The van der Waals surface area contributed by atoms with Crippen molar-refractivity contribution in [1.82, 2.24) is 10.6 Å². The van der Waals surface area contributed by atoms with E-state index in [0.29, 0.717) is 5.75 Å². The highest BCUT2D eigenvalue weighted by Gasteiger charge is 2.16. The second-order valence-corrected chi connectivity index (χ2v) is 3.14. The van der Waals surface area contributed by atoms with Gasteiger partial charge in [0.2, 0.25) is 0 Å². The van der Waals surface area contributed by atoms with Crippen LogP contribution in [0.4, 0.5) is 4.79 Å². The van der Waals surface area contributed by atoms with Crippen LogP contribution in [0, 0.1) is 0 Å². The van der Waals surface area contributed by atoms with E-state index in [9.17, 15) is 9.59 Å². The first-order valence-corrected chi connectivity index (χ1v) is 4.87. The molecule has 3 amide bonds. The largest absolute Gasteiger partial charge is 0.481 e. The van der Waals surface area contributed by atoms with Crippen LogP contribution in [0.25, 0.3) is 0 Å². The van der Waals surface area contributed by atoms with Gasteiger partial charge in [-0.2, -0.15) is 0 Å². The van der Waals surface area contributed by atoms with Gasteiger partial charge in [0.15, 0.2) is 6.10 Å². The molecule has 16 heavy (non-hydrogen) atoms. The summed E-state index contributed by atoms with van der Waals surface area (Å²) in [4.78, 5) is 22.3. The Morgan fingerprint density at radius 3 is 2.44 bits per heavy atom. The van der Waals surface area contributed by atoms with Crippen LogP contribution in [-0.4, -0.2) is 25.1 Å². The number of hydrogen-bond acceptors (Lipinski definition) is 3. The van der Waals surface area contributed by atoms with Crippen LogP contribution in [-0.2, 0) is 4.79 Å². The molecule has 0 aliphatic heterocycles. The second-order valence-electron chi connectivity index (χ2n) is 3.14. The summed E-state index contributed by atoms with van der Waals surface area (Å²) in [7, 11) is 1.44. The maximum atomic E-state index is 11.4. The Labute approximate surface area is 93.8 Å². The number of urea groups is 1. The summed E-state index contributed by atoms with van der Waals surface area (Å²) in [5.41, 5.74) is 0. The molecule has 0 saturated heterocycles. The Bertz CT molecular complexity index is 365. The van der Waals surface area contributed by atoms with Crippen molar-refractivity contribution in [3.05, 3.63) is 30.3 Å². The van der Waals surface area contributed by atoms with Gasteiger partial charge >= 0.3 is 6.03 Å². The molecule has 0 bridgehead atoms. The second kappa shape index (κ2) is 5.75. The van der Waals surface area contributed by atoms with E-state index in [-0.39, 0.29) is 0 Å². The van der Waals surface area contributed by atoms with E-state index >= 15 is 0 Å². The molecule has 0 unspecified atom stereocenters. The Morgan fingerprint density at radius 1 is 1.25 bits per heavy atom. The molecule has 0 radical (unpaired) electrons. The van der Waals surface area contributed by atoms with Crippen molar-refractivity contribution in [2.24, 2.45) is 0 Å². The van der Waals surface area contributed by atoms with Crippen LogP contribution in [0.15, 0.2) is 30.3 Å². The predicted octanol–water partition coefficient (Wildman–Crippen LogP) is 0.909. The number of ether oxygens (including phenoxy) is 1. The van der Waals surface area contributed by atoms with E-state index in [0.717, 1.165) is 0 Å². The summed E-state index contributed by atoms with van der Waals surface area (Å²) >= 11 is 0. The topological polar surface area (TPSA) is 67.4 Å². The smallest absolute Gasteiger partial charge is 0.321 e. The van der Waals surface area contributed by atoms with Crippen LogP contribution in [0.3, 0.4) is 0 Å². The fourth-order valence-corrected chi connectivity index (χ4v) is 1.03. The lowest BCUT2D eigenvalue weighted by molar-refractivity contribution is -0.126. The third kappa shape index (κ3) is 3.61. The SMILES string of the molecule is CNC(=O)NC(=O)[C@H](C)Oc1ccccc1. The summed E-state index contributed by atoms with van der Waals surface area (Å²) in [6.45, 7) is 1.57. The number of nitrogens with one attached hydrogen (secondary N) is 2. The molecule has 1 atom stereocenters. The number of imide groups is 1. The molecule has 0 aliphatic rings. The number of amides is 3. The van der Waals surface area contributed by atoms with Crippen molar-refractivity contribution in [3.8, 4) is 5.75 Å². The molecule has 5 nitrogen and oxygen atoms in total. The fourth-order valence-electron chi connectivity index (χ4n) is 1.03. The normalized spacial score (nSPS) is 11.4. The average molecular weight is 222 g/mol. The van der Waals surface area contributed by atoms with Gasteiger partial charge in [-0.15, -0.1) is 0 Å². The van der Waals surface area contributed by atoms with E-state index in [1.165, 1.54) is 7.05 Å². The number of hydrogen-bond donors (Lipinski definition) is 2.